The highest BCUT2D eigenvalue weighted by Crippen LogP contribution is 2.40. The van der Waals surface area contributed by atoms with E-state index in [2.05, 4.69) is 26.9 Å². The van der Waals surface area contributed by atoms with Crippen molar-refractivity contribution in [2.45, 2.75) is 37.8 Å². The molecule has 1 atom stereocenters. The molecule has 2 aromatic heterocycles. The fourth-order valence-corrected chi connectivity index (χ4v) is 5.65. The maximum absolute atomic E-state index is 12.3. The molecule has 0 aliphatic heterocycles. The number of anilines is 1. The number of fused-ring (bicyclic) bond motifs is 3. The maximum Gasteiger partial charge on any atom is 0.387 e. The monoisotopic (exact) mass is 435 g/mol. The summed E-state index contributed by atoms with van der Waals surface area (Å²) >= 11 is 3.12. The molecule has 152 valence electrons. The number of carbonyl (C=O) groups is 1. The molecule has 0 fully saturated rings. The number of halogens is 2. The van der Waals surface area contributed by atoms with Gasteiger partial charge in [-0.05, 0) is 55.0 Å². The minimum Gasteiger partial charge on any atom is -0.435 e. The van der Waals surface area contributed by atoms with E-state index in [1.54, 1.807) is 17.7 Å². The summed E-state index contributed by atoms with van der Waals surface area (Å²) in [6.07, 6.45) is 4.81. The molecule has 0 saturated carbocycles. The Bertz CT molecular complexity index is 1020. The fraction of sp³-hybridized carbons (Fsp3) is 0.350. The van der Waals surface area contributed by atoms with Gasteiger partial charge in [-0.3, -0.25) is 4.79 Å². The van der Waals surface area contributed by atoms with E-state index in [4.69, 9.17) is 0 Å². The van der Waals surface area contributed by atoms with E-state index in [9.17, 15) is 13.6 Å². The summed E-state index contributed by atoms with van der Waals surface area (Å²) in [7, 11) is 0. The van der Waals surface area contributed by atoms with Crippen molar-refractivity contribution in [1.29, 1.82) is 0 Å². The Morgan fingerprint density at radius 3 is 2.90 bits per heavy atom. The molecule has 3 aromatic rings. The molecule has 2 heterocycles. The smallest absolute Gasteiger partial charge is 0.387 e. The SMILES string of the molecule is C[C@@H]1CCc2c(sc3ncnc(SCC(=O)Nc4ccc(OC(F)F)cc4)c23)C1. The molecule has 0 spiro atoms. The van der Waals surface area contributed by atoms with Gasteiger partial charge in [0.15, 0.2) is 0 Å². The molecule has 1 N–H and O–H groups in total. The lowest BCUT2D eigenvalue weighted by molar-refractivity contribution is -0.113. The number of rotatable bonds is 6. The summed E-state index contributed by atoms with van der Waals surface area (Å²) in [5, 5.41) is 4.68. The Hall–Kier alpha value is -2.26. The quantitative estimate of drug-likeness (QED) is 0.429. The van der Waals surface area contributed by atoms with Crippen LogP contribution >= 0.6 is 23.1 Å². The number of amides is 1. The van der Waals surface area contributed by atoms with E-state index in [0.717, 1.165) is 34.5 Å². The number of aromatic nitrogens is 2. The first kappa shape index (κ1) is 20.0. The third-order valence-electron chi connectivity index (χ3n) is 4.76. The van der Waals surface area contributed by atoms with Crippen LogP contribution in [-0.4, -0.2) is 28.2 Å². The minimum atomic E-state index is -2.87. The van der Waals surface area contributed by atoms with Gasteiger partial charge in [0.05, 0.1) is 5.75 Å². The molecule has 0 bridgehead atoms. The van der Waals surface area contributed by atoms with Crippen LogP contribution in [0.25, 0.3) is 10.2 Å². The molecule has 9 heteroatoms. The third kappa shape index (κ3) is 4.67. The molecule has 0 unspecified atom stereocenters. The molecule has 1 aliphatic carbocycles. The minimum absolute atomic E-state index is 0.0484. The Balaban J connectivity index is 1.42. The highest BCUT2D eigenvalue weighted by Gasteiger charge is 2.23. The third-order valence-corrected chi connectivity index (χ3v) is 6.91. The van der Waals surface area contributed by atoms with Crippen LogP contribution in [0.4, 0.5) is 14.5 Å². The van der Waals surface area contributed by atoms with Crippen LogP contribution in [0.5, 0.6) is 5.75 Å². The zero-order valence-corrected chi connectivity index (χ0v) is 17.3. The first-order chi connectivity index (χ1) is 14.0. The van der Waals surface area contributed by atoms with Gasteiger partial charge in [-0.1, -0.05) is 18.7 Å². The molecule has 29 heavy (non-hydrogen) atoms. The topological polar surface area (TPSA) is 64.1 Å². The number of thioether (sulfide) groups is 1. The van der Waals surface area contributed by atoms with E-state index in [1.165, 1.54) is 46.5 Å². The van der Waals surface area contributed by atoms with Crippen molar-refractivity contribution < 1.29 is 18.3 Å². The summed E-state index contributed by atoms with van der Waals surface area (Å²) in [5.74, 6) is 0.736. The van der Waals surface area contributed by atoms with Gasteiger partial charge in [0.1, 0.15) is 21.9 Å². The van der Waals surface area contributed by atoms with Gasteiger partial charge >= 0.3 is 6.61 Å². The van der Waals surface area contributed by atoms with Crippen molar-refractivity contribution in [1.82, 2.24) is 9.97 Å². The number of hydrogen-bond donors (Lipinski definition) is 1. The van der Waals surface area contributed by atoms with Crippen molar-refractivity contribution in [3.05, 3.63) is 41.0 Å². The number of thiophene rings is 1. The largest absolute Gasteiger partial charge is 0.435 e. The van der Waals surface area contributed by atoms with E-state index < -0.39 is 6.61 Å². The van der Waals surface area contributed by atoms with E-state index in [-0.39, 0.29) is 17.4 Å². The molecule has 1 amide bonds. The van der Waals surface area contributed by atoms with Gasteiger partial charge in [0.25, 0.3) is 0 Å². The molecule has 5 nitrogen and oxygen atoms in total. The summed E-state index contributed by atoms with van der Waals surface area (Å²) < 4.78 is 28.7. The van der Waals surface area contributed by atoms with Gasteiger partial charge in [0, 0.05) is 16.0 Å². The lowest BCUT2D eigenvalue weighted by Crippen LogP contribution is -2.14. The van der Waals surface area contributed by atoms with Gasteiger partial charge in [-0.2, -0.15) is 8.78 Å². The number of nitrogens with zero attached hydrogens (tertiary/aromatic N) is 2. The highest BCUT2D eigenvalue weighted by atomic mass is 32.2. The Morgan fingerprint density at radius 1 is 1.34 bits per heavy atom. The molecule has 1 aromatic carbocycles. The zero-order valence-electron chi connectivity index (χ0n) is 15.7. The maximum atomic E-state index is 12.3. The van der Waals surface area contributed by atoms with E-state index in [0.29, 0.717) is 11.6 Å². The lowest BCUT2D eigenvalue weighted by atomic mass is 9.89. The van der Waals surface area contributed by atoms with Crippen molar-refractivity contribution in [3.8, 4) is 5.75 Å². The van der Waals surface area contributed by atoms with E-state index in [1.807, 2.05) is 0 Å². The predicted molar refractivity (Wildman–Crippen MR) is 111 cm³/mol. The summed E-state index contributed by atoms with van der Waals surface area (Å²) in [4.78, 5) is 23.5. The fourth-order valence-electron chi connectivity index (χ4n) is 3.41. The van der Waals surface area contributed by atoms with Crippen LogP contribution in [0, 0.1) is 5.92 Å². The number of benzene rings is 1. The molecule has 0 saturated heterocycles. The number of ether oxygens (including phenoxy) is 1. The number of hydrogen-bond acceptors (Lipinski definition) is 6. The number of carbonyl (C=O) groups excluding carboxylic acids is 1. The summed E-state index contributed by atoms with van der Waals surface area (Å²) in [6, 6.07) is 5.84. The lowest BCUT2D eigenvalue weighted by Gasteiger charge is -2.18. The van der Waals surface area contributed by atoms with Crippen LogP contribution in [0.15, 0.2) is 35.6 Å². The van der Waals surface area contributed by atoms with Crippen LogP contribution in [0.3, 0.4) is 0 Å². The van der Waals surface area contributed by atoms with Crippen LogP contribution in [0.1, 0.15) is 23.8 Å². The van der Waals surface area contributed by atoms with E-state index >= 15 is 0 Å². The van der Waals surface area contributed by atoms with Crippen LogP contribution in [-0.2, 0) is 17.6 Å². The summed E-state index contributed by atoms with van der Waals surface area (Å²) in [6.45, 7) is -0.604. The Labute approximate surface area is 174 Å². The van der Waals surface area contributed by atoms with Crippen molar-refractivity contribution in [2.75, 3.05) is 11.1 Å². The predicted octanol–water partition coefficient (Wildman–Crippen LogP) is 5.15. The van der Waals surface area contributed by atoms with Crippen molar-refractivity contribution in [2.24, 2.45) is 5.92 Å². The molecule has 1 aliphatic rings. The molecular formula is C20H19F2N3O2S2. The first-order valence-electron chi connectivity index (χ1n) is 9.22. The number of alkyl halides is 2. The summed E-state index contributed by atoms with van der Waals surface area (Å²) in [5.41, 5.74) is 1.85. The molecule has 0 radical (unpaired) electrons. The number of nitrogens with one attached hydrogen (secondary N) is 1. The highest BCUT2D eigenvalue weighted by molar-refractivity contribution is 8.00. The second-order valence-electron chi connectivity index (χ2n) is 6.95. The zero-order chi connectivity index (χ0) is 20.4. The first-order valence-corrected chi connectivity index (χ1v) is 11.0. The normalized spacial score (nSPS) is 16.1. The van der Waals surface area contributed by atoms with Crippen LogP contribution in [0.2, 0.25) is 0 Å². The standard InChI is InChI=1S/C20H19F2N3O2S2/c1-11-2-7-14-15(8-11)29-19-17(14)18(23-10-24-19)28-9-16(26)25-12-3-5-13(6-4-12)27-20(21)22/h3-6,10-11,20H,2,7-9H2,1H3,(H,25,26)/t11-/m1/s1. The average molecular weight is 436 g/mol. The Morgan fingerprint density at radius 2 is 2.14 bits per heavy atom. The molecule has 4 rings (SSSR count). The van der Waals surface area contributed by atoms with Crippen molar-refractivity contribution >= 4 is 44.9 Å². The van der Waals surface area contributed by atoms with Crippen molar-refractivity contribution in [3.63, 3.8) is 0 Å². The average Bonchev–Trinajstić information content (AvgIpc) is 3.05. The van der Waals surface area contributed by atoms with Gasteiger partial charge < -0.3 is 10.1 Å². The second kappa shape index (κ2) is 8.62. The van der Waals surface area contributed by atoms with Gasteiger partial charge in [0.2, 0.25) is 5.91 Å². The van der Waals surface area contributed by atoms with Crippen LogP contribution < -0.4 is 10.1 Å². The Kier molecular flexibility index (Phi) is 5.96. The second-order valence-corrected chi connectivity index (χ2v) is 9.00. The molecular weight excluding hydrogens is 416 g/mol. The van der Waals surface area contributed by atoms with Gasteiger partial charge in [-0.15, -0.1) is 11.3 Å². The number of aryl methyl sites for hydroxylation is 1. The van der Waals surface area contributed by atoms with Gasteiger partial charge in [-0.25, -0.2) is 9.97 Å².